The fourth-order valence-electron chi connectivity index (χ4n) is 2.05. The minimum atomic E-state index is 0.166. The van der Waals surface area contributed by atoms with E-state index in [2.05, 4.69) is 4.90 Å². The van der Waals surface area contributed by atoms with Crippen molar-refractivity contribution in [3.05, 3.63) is 0 Å². The van der Waals surface area contributed by atoms with E-state index in [0.29, 0.717) is 12.5 Å². The van der Waals surface area contributed by atoms with Gasteiger partial charge in [-0.2, -0.15) is 0 Å². The molecule has 4 nitrogen and oxygen atoms in total. The monoisotopic (exact) mass is 214 g/mol. The molecule has 0 radical (unpaired) electrons. The van der Waals surface area contributed by atoms with Crippen molar-refractivity contribution in [2.24, 2.45) is 5.92 Å². The molecule has 0 aliphatic carbocycles. The average molecular weight is 214 g/mol. The average Bonchev–Trinajstić information content (AvgIpc) is 2.18. The van der Waals surface area contributed by atoms with E-state index in [1.807, 2.05) is 0 Å². The summed E-state index contributed by atoms with van der Waals surface area (Å²) in [7, 11) is 3.58. The summed E-state index contributed by atoms with van der Waals surface area (Å²) in [4.78, 5) is 15.3. The molecule has 1 fully saturated rings. The Kier molecular flexibility index (Phi) is 5.05. The lowest BCUT2D eigenvalue weighted by Crippen LogP contribution is -2.42. The number of amides is 1. The van der Waals surface area contributed by atoms with Gasteiger partial charge in [0, 0.05) is 27.2 Å². The van der Waals surface area contributed by atoms with Gasteiger partial charge in [-0.05, 0) is 31.7 Å². The van der Waals surface area contributed by atoms with E-state index >= 15 is 0 Å². The summed E-state index contributed by atoms with van der Waals surface area (Å²) in [6, 6.07) is 0. The zero-order chi connectivity index (χ0) is 11.3. The predicted octanol–water partition coefficient (Wildman–Crippen LogP) is 0.169. The van der Waals surface area contributed by atoms with Crippen LogP contribution >= 0.6 is 0 Å². The molecule has 0 bridgehead atoms. The van der Waals surface area contributed by atoms with Gasteiger partial charge in [0.1, 0.15) is 0 Å². The number of piperidine rings is 1. The summed E-state index contributed by atoms with van der Waals surface area (Å²) in [5.74, 6) is 0.735. The third-order valence-corrected chi connectivity index (χ3v) is 3.00. The Morgan fingerprint density at radius 3 is 2.87 bits per heavy atom. The maximum Gasteiger partial charge on any atom is 0.236 e. The molecule has 0 aromatic rings. The van der Waals surface area contributed by atoms with Gasteiger partial charge in [0.2, 0.25) is 5.91 Å². The molecule has 88 valence electrons. The second-order valence-corrected chi connectivity index (χ2v) is 4.54. The Morgan fingerprint density at radius 1 is 1.53 bits per heavy atom. The second kappa shape index (κ2) is 6.08. The van der Waals surface area contributed by atoms with Crippen LogP contribution < -0.4 is 0 Å². The van der Waals surface area contributed by atoms with Crippen LogP contribution in [-0.4, -0.2) is 61.2 Å². The summed E-state index contributed by atoms with van der Waals surface area (Å²) in [6.45, 7) is 2.76. The zero-order valence-corrected chi connectivity index (χ0v) is 9.78. The van der Waals surface area contributed by atoms with Gasteiger partial charge in [0.25, 0.3) is 0 Å². The maximum atomic E-state index is 11.5. The number of aliphatic hydroxyl groups excluding tert-OH is 1. The molecule has 1 aliphatic rings. The van der Waals surface area contributed by atoms with Gasteiger partial charge in [-0.3, -0.25) is 9.69 Å². The van der Waals surface area contributed by atoms with Crippen LogP contribution in [0.2, 0.25) is 0 Å². The number of nitrogens with zero attached hydrogens (tertiary/aromatic N) is 2. The Balaban J connectivity index is 2.32. The molecule has 1 aliphatic heterocycles. The number of carbonyl (C=O) groups is 1. The van der Waals surface area contributed by atoms with Gasteiger partial charge in [-0.15, -0.1) is 0 Å². The van der Waals surface area contributed by atoms with Crippen LogP contribution in [0.3, 0.4) is 0 Å². The lowest BCUT2D eigenvalue weighted by atomic mass is 9.95. The molecule has 1 unspecified atom stereocenters. The van der Waals surface area contributed by atoms with E-state index in [0.717, 1.165) is 25.9 Å². The molecule has 1 N–H and O–H groups in total. The predicted molar refractivity (Wildman–Crippen MR) is 59.6 cm³/mol. The molecule has 4 heteroatoms. The van der Waals surface area contributed by atoms with Crippen molar-refractivity contribution in [2.45, 2.75) is 19.3 Å². The van der Waals surface area contributed by atoms with Crippen LogP contribution in [-0.2, 0) is 4.79 Å². The minimum absolute atomic E-state index is 0.166. The van der Waals surface area contributed by atoms with E-state index in [4.69, 9.17) is 5.11 Å². The van der Waals surface area contributed by atoms with Crippen molar-refractivity contribution in [3.63, 3.8) is 0 Å². The Hall–Kier alpha value is -0.610. The highest BCUT2D eigenvalue weighted by Gasteiger charge is 2.21. The molecule has 1 heterocycles. The largest absolute Gasteiger partial charge is 0.396 e. The lowest BCUT2D eigenvalue weighted by Gasteiger charge is -2.32. The summed E-state index contributed by atoms with van der Waals surface area (Å²) in [5, 5.41) is 8.88. The van der Waals surface area contributed by atoms with Crippen molar-refractivity contribution < 1.29 is 9.90 Å². The molecule has 1 saturated heterocycles. The quantitative estimate of drug-likeness (QED) is 0.725. The molecule has 0 aromatic carbocycles. The highest BCUT2D eigenvalue weighted by molar-refractivity contribution is 5.77. The minimum Gasteiger partial charge on any atom is -0.396 e. The van der Waals surface area contributed by atoms with Crippen molar-refractivity contribution in [3.8, 4) is 0 Å². The van der Waals surface area contributed by atoms with Gasteiger partial charge < -0.3 is 10.0 Å². The summed E-state index contributed by atoms with van der Waals surface area (Å²) < 4.78 is 0. The first-order valence-electron chi connectivity index (χ1n) is 5.67. The molecule has 0 aromatic heterocycles. The fraction of sp³-hybridized carbons (Fsp3) is 0.909. The number of likely N-dealkylation sites (N-methyl/N-ethyl adjacent to an activating group) is 1. The van der Waals surface area contributed by atoms with Crippen molar-refractivity contribution >= 4 is 5.91 Å². The Bertz CT molecular complexity index is 205. The summed E-state index contributed by atoms with van der Waals surface area (Å²) >= 11 is 0. The molecule has 1 rings (SSSR count). The molecule has 15 heavy (non-hydrogen) atoms. The molecule has 1 atom stereocenters. The van der Waals surface area contributed by atoms with E-state index < -0.39 is 0 Å². The molecular formula is C11H22N2O2. The SMILES string of the molecule is CN(C)C(=O)CN1CCCC(CCO)C1. The number of likely N-dealkylation sites (tertiary alicyclic amines) is 1. The fourth-order valence-corrected chi connectivity index (χ4v) is 2.05. The highest BCUT2D eigenvalue weighted by atomic mass is 16.3. The number of aliphatic hydroxyl groups is 1. The van der Waals surface area contributed by atoms with Crippen LogP contribution in [0.15, 0.2) is 0 Å². The lowest BCUT2D eigenvalue weighted by molar-refractivity contribution is -0.130. The third kappa shape index (κ3) is 4.18. The van der Waals surface area contributed by atoms with E-state index in [1.165, 1.54) is 6.42 Å². The van der Waals surface area contributed by atoms with Crippen molar-refractivity contribution in [1.82, 2.24) is 9.80 Å². The topological polar surface area (TPSA) is 43.8 Å². The number of carbonyl (C=O) groups excluding carboxylic acids is 1. The number of rotatable bonds is 4. The van der Waals surface area contributed by atoms with Gasteiger partial charge in [-0.1, -0.05) is 0 Å². The van der Waals surface area contributed by atoms with E-state index in [1.54, 1.807) is 19.0 Å². The first kappa shape index (κ1) is 12.5. The smallest absolute Gasteiger partial charge is 0.236 e. The van der Waals surface area contributed by atoms with Crippen LogP contribution in [0.5, 0.6) is 0 Å². The molecule has 1 amide bonds. The zero-order valence-electron chi connectivity index (χ0n) is 9.78. The Morgan fingerprint density at radius 2 is 2.27 bits per heavy atom. The molecule has 0 saturated carbocycles. The third-order valence-electron chi connectivity index (χ3n) is 3.00. The van der Waals surface area contributed by atoms with E-state index in [9.17, 15) is 4.79 Å². The summed E-state index contributed by atoms with van der Waals surface area (Å²) in [6.07, 6.45) is 3.20. The molecular weight excluding hydrogens is 192 g/mol. The first-order chi connectivity index (χ1) is 7.13. The maximum absolute atomic E-state index is 11.5. The van der Waals surface area contributed by atoms with Crippen LogP contribution in [0, 0.1) is 5.92 Å². The van der Waals surface area contributed by atoms with Gasteiger partial charge in [0.15, 0.2) is 0 Å². The first-order valence-corrected chi connectivity index (χ1v) is 5.67. The molecule has 0 spiro atoms. The summed E-state index contributed by atoms with van der Waals surface area (Å²) in [5.41, 5.74) is 0. The van der Waals surface area contributed by atoms with Gasteiger partial charge >= 0.3 is 0 Å². The van der Waals surface area contributed by atoms with Crippen molar-refractivity contribution in [1.29, 1.82) is 0 Å². The second-order valence-electron chi connectivity index (χ2n) is 4.54. The van der Waals surface area contributed by atoms with Crippen LogP contribution in [0.4, 0.5) is 0 Å². The van der Waals surface area contributed by atoms with Gasteiger partial charge in [0.05, 0.1) is 6.54 Å². The van der Waals surface area contributed by atoms with Crippen LogP contribution in [0.25, 0.3) is 0 Å². The van der Waals surface area contributed by atoms with Crippen molar-refractivity contribution in [2.75, 3.05) is 40.3 Å². The standard InChI is InChI=1S/C11H22N2O2/c1-12(2)11(15)9-13-6-3-4-10(8-13)5-7-14/h10,14H,3-9H2,1-2H3. The highest BCUT2D eigenvalue weighted by Crippen LogP contribution is 2.18. The normalized spacial score (nSPS) is 22.7. The van der Waals surface area contributed by atoms with E-state index in [-0.39, 0.29) is 12.5 Å². The number of hydrogen-bond acceptors (Lipinski definition) is 3. The Labute approximate surface area is 91.9 Å². The van der Waals surface area contributed by atoms with Crippen LogP contribution in [0.1, 0.15) is 19.3 Å². The number of hydrogen-bond donors (Lipinski definition) is 1. The van der Waals surface area contributed by atoms with Gasteiger partial charge in [-0.25, -0.2) is 0 Å².